The molecule has 0 aromatic heterocycles. The molecule has 0 spiro atoms. The topological polar surface area (TPSA) is 75.6 Å². The largest absolute Gasteiger partial charge is 0.495 e. The fraction of sp³-hybridized carbons (Fsp3) is 0.538. The van der Waals surface area contributed by atoms with Crippen LogP contribution < -0.4 is 9.46 Å². The van der Waals surface area contributed by atoms with E-state index in [2.05, 4.69) is 4.72 Å². The molecule has 0 heterocycles. The first-order valence-corrected chi connectivity index (χ1v) is 7.94. The van der Waals surface area contributed by atoms with Gasteiger partial charge in [-0.3, -0.25) is 0 Å². The fourth-order valence-corrected chi connectivity index (χ4v) is 3.88. The van der Waals surface area contributed by atoms with Crippen LogP contribution in [0.1, 0.15) is 25.7 Å². The zero-order valence-corrected chi connectivity index (χ0v) is 12.0. The van der Waals surface area contributed by atoms with Crippen LogP contribution in [0, 0.1) is 5.82 Å². The summed E-state index contributed by atoms with van der Waals surface area (Å²) in [4.78, 5) is -0.222. The van der Waals surface area contributed by atoms with Gasteiger partial charge in [0, 0.05) is 6.04 Å². The van der Waals surface area contributed by atoms with Crippen LogP contribution in [-0.4, -0.2) is 32.8 Å². The molecule has 5 nitrogen and oxygen atoms in total. The van der Waals surface area contributed by atoms with Crippen molar-refractivity contribution in [3.63, 3.8) is 0 Å². The summed E-state index contributed by atoms with van der Waals surface area (Å²) >= 11 is 0. The minimum Gasteiger partial charge on any atom is -0.495 e. The van der Waals surface area contributed by atoms with Crippen molar-refractivity contribution < 1.29 is 22.7 Å². The van der Waals surface area contributed by atoms with Crippen molar-refractivity contribution >= 4 is 10.0 Å². The minimum atomic E-state index is -3.87. The number of benzene rings is 1. The van der Waals surface area contributed by atoms with Gasteiger partial charge in [-0.15, -0.1) is 0 Å². The van der Waals surface area contributed by atoms with Crippen molar-refractivity contribution in [1.29, 1.82) is 0 Å². The zero-order chi connectivity index (χ0) is 14.8. The Morgan fingerprint density at radius 3 is 2.80 bits per heavy atom. The Morgan fingerprint density at radius 2 is 2.15 bits per heavy atom. The molecule has 2 N–H and O–H groups in total. The Morgan fingerprint density at radius 1 is 1.40 bits per heavy atom. The van der Waals surface area contributed by atoms with Crippen molar-refractivity contribution in [2.45, 2.75) is 42.7 Å². The first-order valence-electron chi connectivity index (χ1n) is 6.46. The van der Waals surface area contributed by atoms with Crippen molar-refractivity contribution in [2.75, 3.05) is 7.11 Å². The number of ether oxygens (including phenoxy) is 1. The van der Waals surface area contributed by atoms with Gasteiger partial charge >= 0.3 is 0 Å². The van der Waals surface area contributed by atoms with Gasteiger partial charge in [-0.1, -0.05) is 0 Å². The van der Waals surface area contributed by atoms with Crippen LogP contribution in [0.4, 0.5) is 4.39 Å². The van der Waals surface area contributed by atoms with E-state index in [1.165, 1.54) is 13.2 Å². The molecular formula is C13H18FNO4S. The van der Waals surface area contributed by atoms with Gasteiger partial charge in [0.15, 0.2) is 0 Å². The van der Waals surface area contributed by atoms with Gasteiger partial charge in [-0.2, -0.15) is 0 Å². The van der Waals surface area contributed by atoms with Gasteiger partial charge < -0.3 is 9.84 Å². The Bertz CT molecular complexity index is 576. The Kier molecular flexibility index (Phi) is 4.62. The quantitative estimate of drug-likeness (QED) is 0.882. The number of aliphatic hydroxyl groups excluding tert-OH is 1. The zero-order valence-electron chi connectivity index (χ0n) is 11.2. The highest BCUT2D eigenvalue weighted by molar-refractivity contribution is 7.89. The number of rotatable bonds is 4. The molecule has 1 saturated carbocycles. The second kappa shape index (κ2) is 6.07. The molecule has 1 aromatic carbocycles. The van der Waals surface area contributed by atoms with Crippen LogP contribution >= 0.6 is 0 Å². The summed E-state index contributed by atoms with van der Waals surface area (Å²) in [5.74, 6) is -0.551. The van der Waals surface area contributed by atoms with Gasteiger partial charge in [-0.25, -0.2) is 17.5 Å². The molecular weight excluding hydrogens is 285 g/mol. The summed E-state index contributed by atoms with van der Waals surface area (Å²) in [6.45, 7) is 0. The molecule has 2 rings (SSSR count). The highest BCUT2D eigenvalue weighted by Crippen LogP contribution is 2.26. The molecule has 1 fully saturated rings. The summed E-state index contributed by atoms with van der Waals surface area (Å²) in [7, 11) is -2.54. The molecule has 112 valence electrons. The summed E-state index contributed by atoms with van der Waals surface area (Å²) in [6.07, 6.45) is 1.98. The van der Waals surface area contributed by atoms with Crippen molar-refractivity contribution in [3.8, 4) is 5.75 Å². The molecule has 1 aliphatic carbocycles. The maximum atomic E-state index is 13.3. The molecule has 20 heavy (non-hydrogen) atoms. The van der Waals surface area contributed by atoms with E-state index in [0.717, 1.165) is 18.6 Å². The number of aliphatic hydroxyl groups is 1. The first kappa shape index (κ1) is 15.2. The number of nitrogens with one attached hydrogen (secondary N) is 1. The van der Waals surface area contributed by atoms with Crippen LogP contribution in [-0.2, 0) is 10.0 Å². The van der Waals surface area contributed by atoms with Crippen LogP contribution in [0.25, 0.3) is 0 Å². The highest BCUT2D eigenvalue weighted by Gasteiger charge is 2.27. The first-order chi connectivity index (χ1) is 9.42. The van der Waals surface area contributed by atoms with Gasteiger partial charge in [0.2, 0.25) is 10.0 Å². The Balaban J connectivity index is 2.24. The molecule has 7 heteroatoms. The van der Waals surface area contributed by atoms with E-state index in [1.54, 1.807) is 0 Å². The lowest BCUT2D eigenvalue weighted by Gasteiger charge is -2.26. The number of sulfonamides is 1. The van der Waals surface area contributed by atoms with Crippen LogP contribution in [0.5, 0.6) is 5.75 Å². The summed E-state index contributed by atoms with van der Waals surface area (Å²) in [5, 5.41) is 9.57. The molecule has 0 radical (unpaired) electrons. The van der Waals surface area contributed by atoms with Gasteiger partial charge in [-0.05, 0) is 43.9 Å². The van der Waals surface area contributed by atoms with Crippen molar-refractivity contribution in [1.82, 2.24) is 4.72 Å². The van der Waals surface area contributed by atoms with Crippen LogP contribution in [0.3, 0.4) is 0 Å². The van der Waals surface area contributed by atoms with Gasteiger partial charge in [0.25, 0.3) is 0 Å². The smallest absolute Gasteiger partial charge is 0.244 e. The maximum absolute atomic E-state index is 13.3. The molecule has 0 bridgehead atoms. The van der Waals surface area contributed by atoms with Gasteiger partial charge in [0.05, 0.1) is 13.2 Å². The molecule has 1 aromatic rings. The maximum Gasteiger partial charge on any atom is 0.244 e. The summed E-state index contributed by atoms with van der Waals surface area (Å²) < 4.78 is 45.3. The van der Waals surface area contributed by atoms with Crippen LogP contribution in [0.2, 0.25) is 0 Å². The van der Waals surface area contributed by atoms with E-state index < -0.39 is 21.9 Å². The average Bonchev–Trinajstić information content (AvgIpc) is 2.38. The van der Waals surface area contributed by atoms with E-state index in [-0.39, 0.29) is 16.7 Å². The summed E-state index contributed by atoms with van der Waals surface area (Å²) in [6, 6.07) is 3.01. The number of hydrogen-bond donors (Lipinski definition) is 2. The molecule has 0 unspecified atom stereocenters. The lowest BCUT2D eigenvalue weighted by Crippen LogP contribution is -2.39. The van der Waals surface area contributed by atoms with E-state index in [0.29, 0.717) is 19.3 Å². The monoisotopic (exact) mass is 303 g/mol. The predicted molar refractivity (Wildman–Crippen MR) is 71.5 cm³/mol. The fourth-order valence-electron chi connectivity index (χ4n) is 2.41. The molecule has 0 aliphatic heterocycles. The Labute approximate surface area is 117 Å². The predicted octanol–water partition coefficient (Wildman–Crippen LogP) is 1.42. The third kappa shape index (κ3) is 3.47. The highest BCUT2D eigenvalue weighted by atomic mass is 32.2. The minimum absolute atomic E-state index is 0.0928. The SMILES string of the molecule is COc1ccc(F)cc1S(=O)(=O)N[C@@H]1CCC[C@@H](O)C1. The summed E-state index contributed by atoms with van der Waals surface area (Å²) in [5.41, 5.74) is 0. The number of methoxy groups -OCH3 is 1. The number of hydrogen-bond acceptors (Lipinski definition) is 4. The average molecular weight is 303 g/mol. The molecule has 2 atom stereocenters. The second-order valence-corrected chi connectivity index (χ2v) is 6.62. The molecule has 0 amide bonds. The Hall–Kier alpha value is -1.18. The number of halogens is 1. The lowest BCUT2D eigenvalue weighted by molar-refractivity contribution is 0.117. The van der Waals surface area contributed by atoms with E-state index in [4.69, 9.17) is 4.74 Å². The van der Waals surface area contributed by atoms with Crippen LogP contribution in [0.15, 0.2) is 23.1 Å². The normalized spacial score (nSPS) is 23.6. The third-order valence-electron chi connectivity index (χ3n) is 3.38. The third-order valence-corrected chi connectivity index (χ3v) is 4.93. The van der Waals surface area contributed by atoms with E-state index in [9.17, 15) is 17.9 Å². The van der Waals surface area contributed by atoms with Gasteiger partial charge in [0.1, 0.15) is 16.5 Å². The molecule has 0 saturated heterocycles. The standard InChI is InChI=1S/C13H18FNO4S/c1-19-12-6-5-9(14)7-13(12)20(17,18)15-10-3-2-4-11(16)8-10/h5-7,10-11,15-16H,2-4,8H2,1H3/t10-,11-/m1/s1. The lowest BCUT2D eigenvalue weighted by atomic mass is 9.94. The second-order valence-electron chi connectivity index (χ2n) is 4.93. The van der Waals surface area contributed by atoms with E-state index >= 15 is 0 Å². The van der Waals surface area contributed by atoms with E-state index in [1.807, 2.05) is 0 Å². The molecule has 1 aliphatic rings. The van der Waals surface area contributed by atoms with Crippen molar-refractivity contribution in [2.24, 2.45) is 0 Å². The van der Waals surface area contributed by atoms with Crippen molar-refractivity contribution in [3.05, 3.63) is 24.0 Å².